The van der Waals surface area contributed by atoms with Crippen LogP contribution in [0.2, 0.25) is 0 Å². The number of aromatic nitrogens is 2. The molecule has 0 bridgehead atoms. The fraction of sp³-hybridized carbons (Fsp3) is 0.333. The van der Waals surface area contributed by atoms with E-state index in [1.54, 1.807) is 0 Å². The molecular weight excluding hydrogens is 240 g/mol. The molecule has 98 valence electrons. The third-order valence-corrected chi connectivity index (χ3v) is 3.89. The van der Waals surface area contributed by atoms with E-state index in [9.17, 15) is 9.90 Å². The van der Waals surface area contributed by atoms with E-state index in [-0.39, 0.29) is 22.4 Å². The molecule has 1 aliphatic rings. The minimum Gasteiger partial charge on any atom is -0.493 e. The lowest BCUT2D eigenvalue weighted by Gasteiger charge is -2.11. The van der Waals surface area contributed by atoms with Crippen LogP contribution in [0.1, 0.15) is 31.2 Å². The van der Waals surface area contributed by atoms with Gasteiger partial charge in [-0.1, -0.05) is 31.2 Å². The van der Waals surface area contributed by atoms with Gasteiger partial charge in [0.15, 0.2) is 0 Å². The lowest BCUT2D eigenvalue weighted by Crippen LogP contribution is -2.18. The highest BCUT2D eigenvalue weighted by atomic mass is 16.3. The first-order chi connectivity index (χ1) is 9.01. The average molecular weight is 256 g/mol. The maximum Gasteiger partial charge on any atom is 0.262 e. The number of rotatable bonds is 2. The fourth-order valence-corrected chi connectivity index (χ4v) is 2.27. The number of H-pyrrole nitrogens is 1. The zero-order valence-electron chi connectivity index (χ0n) is 11.0. The van der Waals surface area contributed by atoms with Crippen molar-refractivity contribution in [2.45, 2.75) is 32.1 Å². The molecule has 1 aromatic heterocycles. The molecule has 2 N–H and O–H groups in total. The van der Waals surface area contributed by atoms with Gasteiger partial charge in [0.25, 0.3) is 5.56 Å². The van der Waals surface area contributed by atoms with Crippen LogP contribution in [0, 0.1) is 6.92 Å². The molecule has 1 saturated carbocycles. The number of nitrogens with one attached hydrogen (secondary N) is 1. The van der Waals surface area contributed by atoms with Gasteiger partial charge in [-0.2, -0.15) is 4.98 Å². The monoisotopic (exact) mass is 256 g/mol. The predicted molar refractivity (Wildman–Crippen MR) is 73.3 cm³/mol. The maximum atomic E-state index is 12.2. The lowest BCUT2D eigenvalue weighted by atomic mass is 10.0. The topological polar surface area (TPSA) is 66.0 Å². The van der Waals surface area contributed by atoms with Crippen molar-refractivity contribution in [1.29, 1.82) is 0 Å². The molecule has 0 aliphatic heterocycles. The number of benzene rings is 1. The van der Waals surface area contributed by atoms with E-state index in [0.717, 1.165) is 24.0 Å². The summed E-state index contributed by atoms with van der Waals surface area (Å²) < 4.78 is 0. The summed E-state index contributed by atoms with van der Waals surface area (Å²) in [6.07, 6.45) is 2.00. The van der Waals surface area contributed by atoms with Gasteiger partial charge in [0, 0.05) is 5.41 Å². The molecular formula is C15H16N2O2. The molecule has 3 rings (SSSR count). The lowest BCUT2D eigenvalue weighted by molar-refractivity contribution is 0.446. The number of aromatic amines is 1. The van der Waals surface area contributed by atoms with Gasteiger partial charge in [-0.05, 0) is 30.9 Å². The number of hydrogen-bond acceptors (Lipinski definition) is 3. The molecule has 0 saturated heterocycles. The second-order valence-corrected chi connectivity index (χ2v) is 5.49. The standard InChI is InChI=1S/C15H16N2O2/c1-9-5-3-4-6-10(9)11-12(18)16-14(17-13(11)19)15(2)7-8-15/h3-6H,7-8H2,1-2H3,(H2,16,17,18,19). The smallest absolute Gasteiger partial charge is 0.262 e. The molecule has 0 radical (unpaired) electrons. The Bertz CT molecular complexity index is 700. The normalized spacial score (nSPS) is 16.3. The Hall–Kier alpha value is -2.10. The summed E-state index contributed by atoms with van der Waals surface area (Å²) in [7, 11) is 0. The Kier molecular flexibility index (Phi) is 2.49. The number of aromatic hydroxyl groups is 1. The van der Waals surface area contributed by atoms with E-state index in [1.165, 1.54) is 0 Å². The van der Waals surface area contributed by atoms with Crippen LogP contribution in [0.15, 0.2) is 29.1 Å². The Morgan fingerprint density at radius 2 is 2.00 bits per heavy atom. The zero-order valence-corrected chi connectivity index (χ0v) is 11.0. The third-order valence-electron chi connectivity index (χ3n) is 3.89. The summed E-state index contributed by atoms with van der Waals surface area (Å²) in [5, 5.41) is 10.1. The molecule has 4 heteroatoms. The van der Waals surface area contributed by atoms with Gasteiger partial charge in [-0.25, -0.2) is 0 Å². The molecule has 2 aromatic rings. The fourth-order valence-electron chi connectivity index (χ4n) is 2.27. The summed E-state index contributed by atoms with van der Waals surface area (Å²) in [5.74, 6) is 0.411. The van der Waals surface area contributed by atoms with E-state index in [0.29, 0.717) is 5.82 Å². The van der Waals surface area contributed by atoms with Crippen molar-refractivity contribution in [3.05, 3.63) is 46.0 Å². The molecule has 0 unspecified atom stereocenters. The van der Waals surface area contributed by atoms with Crippen LogP contribution in [-0.2, 0) is 5.41 Å². The van der Waals surface area contributed by atoms with Crippen LogP contribution in [-0.4, -0.2) is 15.1 Å². The van der Waals surface area contributed by atoms with Gasteiger partial charge in [-0.15, -0.1) is 0 Å². The Balaban J connectivity index is 2.19. The molecule has 0 spiro atoms. The average Bonchev–Trinajstić information content (AvgIpc) is 3.10. The van der Waals surface area contributed by atoms with Crippen LogP contribution < -0.4 is 5.56 Å². The molecule has 19 heavy (non-hydrogen) atoms. The summed E-state index contributed by atoms with van der Waals surface area (Å²) >= 11 is 0. The molecule has 1 aliphatic carbocycles. The highest BCUT2D eigenvalue weighted by molar-refractivity contribution is 5.70. The summed E-state index contributed by atoms with van der Waals surface area (Å²) in [4.78, 5) is 19.2. The number of aryl methyl sites for hydroxylation is 1. The van der Waals surface area contributed by atoms with Gasteiger partial charge in [0.05, 0.1) is 0 Å². The van der Waals surface area contributed by atoms with Gasteiger partial charge in [0.1, 0.15) is 11.4 Å². The van der Waals surface area contributed by atoms with Gasteiger partial charge >= 0.3 is 0 Å². The number of hydrogen-bond donors (Lipinski definition) is 2. The number of nitrogens with zero attached hydrogens (tertiary/aromatic N) is 1. The zero-order chi connectivity index (χ0) is 13.6. The predicted octanol–water partition coefficient (Wildman–Crippen LogP) is 2.50. The largest absolute Gasteiger partial charge is 0.493 e. The van der Waals surface area contributed by atoms with Crippen molar-refractivity contribution < 1.29 is 5.11 Å². The highest BCUT2D eigenvalue weighted by Crippen LogP contribution is 2.46. The van der Waals surface area contributed by atoms with Crippen molar-refractivity contribution >= 4 is 0 Å². The molecule has 0 amide bonds. The van der Waals surface area contributed by atoms with Crippen LogP contribution in [0.3, 0.4) is 0 Å². The Morgan fingerprint density at radius 3 is 2.58 bits per heavy atom. The first-order valence-electron chi connectivity index (χ1n) is 6.41. The Labute approximate surface area is 111 Å². The second kappa shape index (κ2) is 3.95. The summed E-state index contributed by atoms with van der Waals surface area (Å²) in [6.45, 7) is 3.95. The second-order valence-electron chi connectivity index (χ2n) is 5.49. The van der Waals surface area contributed by atoms with Crippen molar-refractivity contribution in [2.75, 3.05) is 0 Å². The molecule has 1 fully saturated rings. The molecule has 0 atom stereocenters. The minimum absolute atomic E-state index is 0.0685. The van der Waals surface area contributed by atoms with Crippen LogP contribution in [0.25, 0.3) is 11.1 Å². The van der Waals surface area contributed by atoms with Crippen LogP contribution >= 0.6 is 0 Å². The molecule has 4 nitrogen and oxygen atoms in total. The van der Waals surface area contributed by atoms with Crippen LogP contribution in [0.5, 0.6) is 5.88 Å². The van der Waals surface area contributed by atoms with E-state index in [4.69, 9.17) is 0 Å². The maximum absolute atomic E-state index is 12.2. The van der Waals surface area contributed by atoms with Gasteiger partial charge < -0.3 is 10.1 Å². The van der Waals surface area contributed by atoms with E-state index in [2.05, 4.69) is 9.97 Å². The van der Waals surface area contributed by atoms with Gasteiger partial charge in [-0.3, -0.25) is 4.79 Å². The van der Waals surface area contributed by atoms with Crippen LogP contribution in [0.4, 0.5) is 0 Å². The van der Waals surface area contributed by atoms with E-state index >= 15 is 0 Å². The van der Waals surface area contributed by atoms with Crippen molar-refractivity contribution in [2.24, 2.45) is 0 Å². The first-order valence-corrected chi connectivity index (χ1v) is 6.41. The quantitative estimate of drug-likeness (QED) is 0.867. The van der Waals surface area contributed by atoms with E-state index in [1.807, 2.05) is 38.1 Å². The SMILES string of the molecule is Cc1ccccc1-c1c(O)nc(C2(C)CC2)[nH]c1=O. The third kappa shape index (κ3) is 1.93. The summed E-state index contributed by atoms with van der Waals surface area (Å²) in [5.41, 5.74) is 1.58. The van der Waals surface area contributed by atoms with Crippen molar-refractivity contribution in [3.63, 3.8) is 0 Å². The van der Waals surface area contributed by atoms with Crippen molar-refractivity contribution in [3.8, 4) is 17.0 Å². The molecule has 1 heterocycles. The highest BCUT2D eigenvalue weighted by Gasteiger charge is 2.42. The van der Waals surface area contributed by atoms with E-state index < -0.39 is 0 Å². The molecule has 1 aromatic carbocycles. The van der Waals surface area contributed by atoms with Crippen molar-refractivity contribution in [1.82, 2.24) is 9.97 Å². The summed E-state index contributed by atoms with van der Waals surface area (Å²) in [6, 6.07) is 7.47. The van der Waals surface area contributed by atoms with Gasteiger partial charge in [0.2, 0.25) is 5.88 Å². The minimum atomic E-state index is -0.273. The Morgan fingerprint density at radius 1 is 1.32 bits per heavy atom. The first kappa shape index (κ1) is 12.0.